The van der Waals surface area contributed by atoms with Gasteiger partial charge in [0, 0.05) is 29.1 Å². The summed E-state index contributed by atoms with van der Waals surface area (Å²) >= 11 is 8.85. The lowest BCUT2D eigenvalue weighted by molar-refractivity contribution is 0.539. The zero-order chi connectivity index (χ0) is 12.4. The van der Waals surface area contributed by atoms with Crippen LogP contribution in [0.1, 0.15) is 0 Å². The van der Waals surface area contributed by atoms with Gasteiger partial charge in [0.15, 0.2) is 5.15 Å². The maximum Gasteiger partial charge on any atom is 0.329 e. The number of aromatic nitrogens is 2. The summed E-state index contributed by atoms with van der Waals surface area (Å²) in [5.74, 6) is 1.82. The predicted octanol–water partition coefficient (Wildman–Crippen LogP) is 1.18. The Kier molecular flexibility index (Phi) is 4.22. The van der Waals surface area contributed by atoms with Gasteiger partial charge in [-0.1, -0.05) is 11.6 Å². The number of aromatic amines is 1. The highest BCUT2D eigenvalue weighted by atomic mass is 35.5. The van der Waals surface area contributed by atoms with E-state index in [2.05, 4.69) is 4.98 Å². The van der Waals surface area contributed by atoms with Crippen LogP contribution in [0.4, 0.5) is 4.39 Å². The highest BCUT2D eigenvalue weighted by Crippen LogP contribution is 2.24. The van der Waals surface area contributed by atoms with Crippen molar-refractivity contribution in [3.8, 4) is 0 Å². The van der Waals surface area contributed by atoms with E-state index in [0.29, 0.717) is 0 Å². The lowest BCUT2D eigenvalue weighted by Gasteiger charge is -2.21. The predicted molar refractivity (Wildman–Crippen MR) is 69.9 cm³/mol. The van der Waals surface area contributed by atoms with Crippen LogP contribution in [0.2, 0.25) is 5.15 Å². The van der Waals surface area contributed by atoms with Gasteiger partial charge in [0.25, 0.3) is 5.56 Å². The first-order chi connectivity index (χ1) is 8.09. The second-order valence-corrected chi connectivity index (χ2v) is 6.48. The van der Waals surface area contributed by atoms with E-state index in [-0.39, 0.29) is 11.8 Å². The normalized spacial score (nSPS) is 20.5. The fraction of sp³-hybridized carbons (Fsp3) is 0.556. The Hall–Kier alpha value is -0.400. The summed E-state index contributed by atoms with van der Waals surface area (Å²) < 4.78 is 14.2. The van der Waals surface area contributed by atoms with E-state index in [1.165, 1.54) is 0 Å². The minimum atomic E-state index is -1.10. The second-order valence-electron chi connectivity index (χ2n) is 3.54. The highest BCUT2D eigenvalue weighted by molar-refractivity contribution is 8.06. The van der Waals surface area contributed by atoms with Crippen LogP contribution >= 0.6 is 35.1 Å². The molecule has 2 rings (SSSR count). The summed E-state index contributed by atoms with van der Waals surface area (Å²) in [6, 6.07) is 0. The molecule has 0 saturated carbocycles. The van der Waals surface area contributed by atoms with Gasteiger partial charge in [-0.2, -0.15) is 27.9 Å². The molecule has 17 heavy (non-hydrogen) atoms. The van der Waals surface area contributed by atoms with Crippen molar-refractivity contribution in [3.63, 3.8) is 0 Å². The van der Waals surface area contributed by atoms with Gasteiger partial charge in [0.1, 0.15) is 0 Å². The Morgan fingerprint density at radius 1 is 1.47 bits per heavy atom. The van der Waals surface area contributed by atoms with Crippen molar-refractivity contribution >= 4 is 35.1 Å². The van der Waals surface area contributed by atoms with Crippen LogP contribution in [-0.2, 0) is 6.54 Å². The number of thioether (sulfide) groups is 2. The fourth-order valence-electron chi connectivity index (χ4n) is 1.53. The molecule has 1 atom stereocenters. The van der Waals surface area contributed by atoms with Gasteiger partial charge in [0.2, 0.25) is 5.82 Å². The maximum atomic E-state index is 13.3. The topological polar surface area (TPSA) is 54.9 Å². The third-order valence-corrected chi connectivity index (χ3v) is 5.45. The monoisotopic (exact) mass is 296 g/mol. The lowest BCUT2D eigenvalue weighted by atomic mass is 10.4. The van der Waals surface area contributed by atoms with E-state index in [4.69, 9.17) is 11.6 Å². The second kappa shape index (κ2) is 5.49. The van der Waals surface area contributed by atoms with Gasteiger partial charge in [0.05, 0.1) is 0 Å². The molecule has 1 aromatic heterocycles. The van der Waals surface area contributed by atoms with E-state index < -0.39 is 22.2 Å². The molecule has 94 valence electrons. The molecule has 0 bridgehead atoms. The zero-order valence-electron chi connectivity index (χ0n) is 8.74. The van der Waals surface area contributed by atoms with Crippen LogP contribution in [0, 0.1) is 5.82 Å². The number of nitrogens with one attached hydrogen (secondary N) is 1. The van der Waals surface area contributed by atoms with E-state index in [1.54, 1.807) is 23.5 Å². The molecule has 1 unspecified atom stereocenters. The Morgan fingerprint density at radius 2 is 2.24 bits per heavy atom. The maximum absolute atomic E-state index is 13.3. The molecule has 0 aromatic carbocycles. The summed E-state index contributed by atoms with van der Waals surface area (Å²) in [5, 5.41) is -0.366. The molecule has 0 aliphatic carbocycles. The quantitative estimate of drug-likeness (QED) is 0.833. The first kappa shape index (κ1) is 13.0. The smallest absolute Gasteiger partial charge is 0.295 e. The molecule has 1 saturated heterocycles. The van der Waals surface area contributed by atoms with Crippen LogP contribution < -0.4 is 11.2 Å². The molecule has 4 nitrogen and oxygen atoms in total. The third kappa shape index (κ3) is 2.89. The molecule has 0 radical (unpaired) electrons. The first-order valence-electron chi connectivity index (χ1n) is 4.97. The van der Waals surface area contributed by atoms with Crippen molar-refractivity contribution in [2.24, 2.45) is 0 Å². The molecule has 1 N–H and O–H groups in total. The van der Waals surface area contributed by atoms with Crippen LogP contribution in [0.5, 0.6) is 0 Å². The number of rotatable bonds is 2. The Bertz CT molecular complexity index is 525. The molecular formula is C9H10ClFN2O2S2. The van der Waals surface area contributed by atoms with Gasteiger partial charge < -0.3 is 0 Å². The lowest BCUT2D eigenvalue weighted by Crippen LogP contribution is -2.40. The van der Waals surface area contributed by atoms with Crippen molar-refractivity contribution in [2.75, 3.05) is 17.3 Å². The molecular weight excluding hydrogens is 287 g/mol. The molecule has 1 fully saturated rings. The van der Waals surface area contributed by atoms with Crippen molar-refractivity contribution in [1.29, 1.82) is 0 Å². The van der Waals surface area contributed by atoms with E-state index in [1.807, 2.05) is 0 Å². The molecule has 1 aliphatic heterocycles. The summed E-state index contributed by atoms with van der Waals surface area (Å²) in [7, 11) is 0. The third-order valence-electron chi connectivity index (χ3n) is 2.36. The van der Waals surface area contributed by atoms with Crippen molar-refractivity contribution in [3.05, 3.63) is 31.8 Å². The largest absolute Gasteiger partial charge is 0.329 e. The van der Waals surface area contributed by atoms with Crippen molar-refractivity contribution in [2.45, 2.75) is 11.8 Å². The average Bonchev–Trinajstić information content (AvgIpc) is 2.33. The summed E-state index contributed by atoms with van der Waals surface area (Å²) in [6.45, 7) is 0.222. The van der Waals surface area contributed by atoms with Gasteiger partial charge in [-0.05, 0) is 0 Å². The van der Waals surface area contributed by atoms with Crippen LogP contribution in [-0.4, -0.2) is 32.1 Å². The Balaban J connectivity index is 2.29. The van der Waals surface area contributed by atoms with Gasteiger partial charge in [-0.25, -0.2) is 4.79 Å². The highest BCUT2D eigenvalue weighted by Gasteiger charge is 2.19. The van der Waals surface area contributed by atoms with E-state index in [0.717, 1.165) is 21.8 Å². The number of nitrogens with zero attached hydrogens (tertiary/aromatic N) is 1. The Morgan fingerprint density at radius 3 is 2.88 bits per heavy atom. The number of hydrogen-bond acceptors (Lipinski definition) is 4. The first-order valence-corrected chi connectivity index (χ1v) is 7.55. The average molecular weight is 297 g/mol. The summed E-state index contributed by atoms with van der Waals surface area (Å²) in [6.07, 6.45) is 0. The SMILES string of the molecule is O=c1[nH]c(Cl)c(F)c(=O)n1CC1CSCCS1. The fourth-order valence-corrected chi connectivity index (χ4v) is 4.35. The van der Waals surface area contributed by atoms with E-state index in [9.17, 15) is 14.0 Å². The number of halogens is 2. The van der Waals surface area contributed by atoms with Crippen molar-refractivity contribution in [1.82, 2.24) is 9.55 Å². The molecule has 2 heterocycles. The van der Waals surface area contributed by atoms with Crippen LogP contribution in [0.25, 0.3) is 0 Å². The summed E-state index contributed by atoms with van der Waals surface area (Å²) in [4.78, 5) is 25.2. The van der Waals surface area contributed by atoms with E-state index >= 15 is 0 Å². The minimum Gasteiger partial charge on any atom is -0.295 e. The van der Waals surface area contributed by atoms with Crippen LogP contribution in [0.3, 0.4) is 0 Å². The van der Waals surface area contributed by atoms with Crippen LogP contribution in [0.15, 0.2) is 9.59 Å². The number of H-pyrrole nitrogens is 1. The number of hydrogen-bond donors (Lipinski definition) is 1. The molecule has 1 aromatic rings. The minimum absolute atomic E-state index is 0.160. The molecule has 8 heteroatoms. The molecule has 0 amide bonds. The summed E-state index contributed by atoms with van der Waals surface area (Å²) in [5.41, 5.74) is -1.60. The molecule has 1 aliphatic rings. The van der Waals surface area contributed by atoms with Gasteiger partial charge in [-0.3, -0.25) is 14.3 Å². The standard InChI is InChI=1S/C9H10ClFN2O2S2/c10-7-6(11)8(14)13(9(15)12-7)3-5-4-16-1-2-17-5/h5H,1-4H2,(H,12,15). The zero-order valence-corrected chi connectivity index (χ0v) is 11.1. The Labute approximate surface area is 110 Å². The molecule has 0 spiro atoms. The van der Waals surface area contributed by atoms with Gasteiger partial charge in [-0.15, -0.1) is 0 Å². The van der Waals surface area contributed by atoms with Crippen molar-refractivity contribution < 1.29 is 4.39 Å². The van der Waals surface area contributed by atoms with Gasteiger partial charge >= 0.3 is 5.69 Å².